The average molecular weight is 316 g/mol. The monoisotopic (exact) mass is 316 g/mol. The lowest BCUT2D eigenvalue weighted by molar-refractivity contribution is -0.137. The van der Waals surface area contributed by atoms with Gasteiger partial charge in [0, 0.05) is 12.5 Å². The molecule has 0 bridgehead atoms. The zero-order chi connectivity index (χ0) is 15.8. The maximum atomic E-state index is 13.0. The van der Waals surface area contributed by atoms with E-state index in [-0.39, 0.29) is 18.8 Å². The molecular weight excluding hydrogens is 292 g/mol. The lowest BCUT2D eigenvalue weighted by atomic mass is 9.94. The molecule has 1 saturated heterocycles. The molecule has 3 aliphatic rings. The van der Waals surface area contributed by atoms with Crippen LogP contribution < -0.4 is 15.2 Å². The number of nitrogens with zero attached hydrogens (tertiary/aromatic N) is 1. The largest absolute Gasteiger partial charge is 0.454 e. The molecule has 0 spiro atoms. The Labute approximate surface area is 136 Å². The fourth-order valence-electron chi connectivity index (χ4n) is 4.35. The highest BCUT2D eigenvalue weighted by Gasteiger charge is 2.39. The van der Waals surface area contributed by atoms with Crippen LogP contribution in [0.4, 0.5) is 0 Å². The van der Waals surface area contributed by atoms with E-state index in [1.165, 1.54) is 0 Å². The van der Waals surface area contributed by atoms with Crippen molar-refractivity contribution >= 4 is 5.91 Å². The molecule has 2 aliphatic heterocycles. The summed E-state index contributed by atoms with van der Waals surface area (Å²) in [6, 6.07) is 6.22. The van der Waals surface area contributed by atoms with Gasteiger partial charge in [-0.1, -0.05) is 12.5 Å². The van der Waals surface area contributed by atoms with E-state index in [9.17, 15) is 4.79 Å². The first-order valence-electron chi connectivity index (χ1n) is 8.68. The summed E-state index contributed by atoms with van der Waals surface area (Å²) < 4.78 is 10.9. The highest BCUT2D eigenvalue weighted by molar-refractivity contribution is 5.80. The number of fused-ring (bicyclic) bond motifs is 1. The van der Waals surface area contributed by atoms with Gasteiger partial charge in [-0.2, -0.15) is 0 Å². The number of amides is 1. The number of hydrogen-bond acceptors (Lipinski definition) is 4. The van der Waals surface area contributed by atoms with E-state index in [0.29, 0.717) is 18.4 Å². The molecule has 1 amide bonds. The molecule has 5 heteroatoms. The van der Waals surface area contributed by atoms with Gasteiger partial charge in [-0.3, -0.25) is 4.79 Å². The molecule has 1 aromatic carbocycles. The highest BCUT2D eigenvalue weighted by atomic mass is 16.7. The Morgan fingerprint density at radius 2 is 2.04 bits per heavy atom. The second kappa shape index (κ2) is 6.04. The van der Waals surface area contributed by atoms with Gasteiger partial charge in [0.25, 0.3) is 0 Å². The quantitative estimate of drug-likeness (QED) is 0.930. The molecule has 2 N–H and O–H groups in total. The fourth-order valence-corrected chi connectivity index (χ4v) is 4.35. The van der Waals surface area contributed by atoms with Gasteiger partial charge in [0.1, 0.15) is 0 Å². The zero-order valence-electron chi connectivity index (χ0n) is 13.4. The number of nitrogens with two attached hydrogens (primary N) is 1. The Kier molecular flexibility index (Phi) is 3.89. The third kappa shape index (κ3) is 2.57. The first-order valence-corrected chi connectivity index (χ1v) is 8.68. The highest BCUT2D eigenvalue weighted by Crippen LogP contribution is 2.41. The minimum atomic E-state index is 0.120. The van der Waals surface area contributed by atoms with Gasteiger partial charge in [0.2, 0.25) is 12.7 Å². The minimum absolute atomic E-state index is 0.120. The Morgan fingerprint density at radius 3 is 2.91 bits per heavy atom. The van der Waals surface area contributed by atoms with Crippen LogP contribution >= 0.6 is 0 Å². The predicted octanol–water partition coefficient (Wildman–Crippen LogP) is 2.45. The standard InChI is InChI=1S/C18H24N2O3/c19-10-13-3-1-4-14(13)18(21)20-8-2-5-15(20)12-6-7-16-17(9-12)23-11-22-16/h6-7,9,13-15H,1-5,8,10-11,19H2/t13-,14-,15?/m1/s1. The maximum absolute atomic E-state index is 13.0. The van der Waals surface area contributed by atoms with Gasteiger partial charge in [-0.05, 0) is 55.8 Å². The Bertz CT molecular complexity index is 604. The molecular formula is C18H24N2O3. The molecule has 124 valence electrons. The molecule has 1 saturated carbocycles. The molecule has 1 unspecified atom stereocenters. The first-order chi connectivity index (χ1) is 11.3. The molecule has 2 fully saturated rings. The van der Waals surface area contributed by atoms with Crippen LogP contribution in [0.25, 0.3) is 0 Å². The van der Waals surface area contributed by atoms with Crippen LogP contribution in [0.5, 0.6) is 11.5 Å². The van der Waals surface area contributed by atoms with Crippen LogP contribution in [0.3, 0.4) is 0 Å². The van der Waals surface area contributed by atoms with Crippen molar-refractivity contribution in [3.05, 3.63) is 23.8 Å². The van der Waals surface area contributed by atoms with Gasteiger partial charge in [-0.25, -0.2) is 0 Å². The second-order valence-corrected chi connectivity index (χ2v) is 6.84. The second-order valence-electron chi connectivity index (χ2n) is 6.84. The Hall–Kier alpha value is -1.75. The normalized spacial score (nSPS) is 29.3. The van der Waals surface area contributed by atoms with E-state index in [1.54, 1.807) is 0 Å². The van der Waals surface area contributed by atoms with E-state index in [1.807, 2.05) is 12.1 Å². The van der Waals surface area contributed by atoms with Gasteiger partial charge >= 0.3 is 0 Å². The zero-order valence-corrected chi connectivity index (χ0v) is 13.4. The smallest absolute Gasteiger partial charge is 0.231 e. The number of benzene rings is 1. The number of carbonyl (C=O) groups is 1. The van der Waals surface area contributed by atoms with Gasteiger partial charge in [0.05, 0.1) is 6.04 Å². The van der Waals surface area contributed by atoms with Crippen molar-refractivity contribution in [2.45, 2.75) is 38.1 Å². The number of ether oxygens (including phenoxy) is 2. The molecule has 3 atom stereocenters. The lowest BCUT2D eigenvalue weighted by Crippen LogP contribution is -2.38. The van der Waals surface area contributed by atoms with Crippen LogP contribution in [0.1, 0.15) is 43.7 Å². The summed E-state index contributed by atoms with van der Waals surface area (Å²) >= 11 is 0. The van der Waals surface area contributed by atoms with E-state index in [4.69, 9.17) is 15.2 Å². The van der Waals surface area contributed by atoms with Crippen molar-refractivity contribution < 1.29 is 14.3 Å². The summed E-state index contributed by atoms with van der Waals surface area (Å²) in [5.74, 6) is 2.37. The van der Waals surface area contributed by atoms with Gasteiger partial charge in [0.15, 0.2) is 11.5 Å². The summed E-state index contributed by atoms with van der Waals surface area (Å²) in [5.41, 5.74) is 7.02. The number of likely N-dealkylation sites (tertiary alicyclic amines) is 1. The SMILES string of the molecule is NC[C@H]1CCC[C@H]1C(=O)N1CCCC1c1ccc2c(c1)OCO2. The molecule has 0 aromatic heterocycles. The molecule has 5 nitrogen and oxygen atoms in total. The summed E-state index contributed by atoms with van der Waals surface area (Å²) in [7, 11) is 0. The van der Waals surface area contributed by atoms with Crippen molar-refractivity contribution in [3.8, 4) is 11.5 Å². The molecule has 1 aromatic rings. The van der Waals surface area contributed by atoms with Crippen molar-refractivity contribution in [2.24, 2.45) is 17.6 Å². The molecule has 1 aliphatic carbocycles. The Morgan fingerprint density at radius 1 is 1.17 bits per heavy atom. The summed E-state index contributed by atoms with van der Waals surface area (Å²) in [6.45, 7) is 1.76. The molecule has 23 heavy (non-hydrogen) atoms. The van der Waals surface area contributed by atoms with Crippen molar-refractivity contribution in [3.63, 3.8) is 0 Å². The number of hydrogen-bond donors (Lipinski definition) is 1. The van der Waals surface area contributed by atoms with Crippen molar-refractivity contribution in [1.29, 1.82) is 0 Å². The topological polar surface area (TPSA) is 64.8 Å². The number of rotatable bonds is 3. The van der Waals surface area contributed by atoms with E-state index in [2.05, 4.69) is 11.0 Å². The van der Waals surface area contributed by atoms with Crippen LogP contribution in [0, 0.1) is 11.8 Å². The van der Waals surface area contributed by atoms with E-state index < -0.39 is 0 Å². The van der Waals surface area contributed by atoms with Crippen LogP contribution in [-0.4, -0.2) is 30.7 Å². The van der Waals surface area contributed by atoms with Gasteiger partial charge in [-0.15, -0.1) is 0 Å². The Balaban J connectivity index is 1.55. The van der Waals surface area contributed by atoms with Crippen LogP contribution in [-0.2, 0) is 4.79 Å². The minimum Gasteiger partial charge on any atom is -0.454 e. The number of carbonyl (C=O) groups excluding carboxylic acids is 1. The first kappa shape index (κ1) is 14.8. The molecule has 0 radical (unpaired) electrons. The van der Waals surface area contributed by atoms with Crippen molar-refractivity contribution in [1.82, 2.24) is 4.90 Å². The third-order valence-electron chi connectivity index (χ3n) is 5.60. The van der Waals surface area contributed by atoms with Crippen molar-refractivity contribution in [2.75, 3.05) is 19.9 Å². The summed E-state index contributed by atoms with van der Waals surface area (Å²) in [5, 5.41) is 0. The summed E-state index contributed by atoms with van der Waals surface area (Å²) in [4.78, 5) is 15.1. The van der Waals surface area contributed by atoms with E-state index >= 15 is 0 Å². The van der Waals surface area contributed by atoms with Crippen LogP contribution in [0.2, 0.25) is 0 Å². The van der Waals surface area contributed by atoms with E-state index in [0.717, 1.165) is 55.7 Å². The summed E-state index contributed by atoms with van der Waals surface area (Å²) in [6.07, 6.45) is 5.29. The molecule has 4 rings (SSSR count). The van der Waals surface area contributed by atoms with Gasteiger partial charge < -0.3 is 20.1 Å². The fraction of sp³-hybridized carbons (Fsp3) is 0.611. The molecule has 2 heterocycles. The lowest BCUT2D eigenvalue weighted by Gasteiger charge is -2.30. The predicted molar refractivity (Wildman–Crippen MR) is 86.1 cm³/mol. The third-order valence-corrected chi connectivity index (χ3v) is 5.60. The van der Waals surface area contributed by atoms with Crippen LogP contribution in [0.15, 0.2) is 18.2 Å². The average Bonchev–Trinajstić information content (AvgIpc) is 3.31. The maximum Gasteiger partial charge on any atom is 0.231 e.